The van der Waals surface area contributed by atoms with E-state index in [4.69, 9.17) is 0 Å². The van der Waals surface area contributed by atoms with Gasteiger partial charge in [-0.1, -0.05) is 44.2 Å². The monoisotopic (exact) mass is 698 g/mol. The summed E-state index contributed by atoms with van der Waals surface area (Å²) in [5, 5.41) is 35.5. The molecule has 49 heavy (non-hydrogen) atoms. The Bertz CT molecular complexity index is 1950. The molecule has 0 saturated carbocycles. The maximum atomic E-state index is 4.29. The van der Waals surface area contributed by atoms with E-state index in [-0.39, 0.29) is 30.7 Å². The summed E-state index contributed by atoms with van der Waals surface area (Å²) in [6.07, 6.45) is 15.4. The van der Waals surface area contributed by atoms with Crippen LogP contribution >= 0.6 is 0 Å². The van der Waals surface area contributed by atoms with Gasteiger partial charge in [-0.25, -0.2) is 9.13 Å². The summed E-state index contributed by atoms with van der Waals surface area (Å²) < 4.78 is 7.77. The van der Waals surface area contributed by atoms with E-state index in [0.717, 1.165) is 27.7 Å². The first-order chi connectivity index (χ1) is 22.7. The van der Waals surface area contributed by atoms with E-state index in [9.17, 15) is 0 Å². The first-order valence-electron chi connectivity index (χ1n) is 15.0. The van der Waals surface area contributed by atoms with Gasteiger partial charge in [-0.2, -0.15) is 0 Å². The van der Waals surface area contributed by atoms with E-state index >= 15 is 0 Å². The number of aryl methyl sites for hydroxylation is 4. The van der Waals surface area contributed by atoms with Gasteiger partial charge >= 0.3 is 0 Å². The molecule has 12 nitrogen and oxygen atoms in total. The molecule has 0 radical (unpaired) electrons. The Kier molecular flexibility index (Phi) is 16.8. The second kappa shape index (κ2) is 20.7. The fourth-order valence-electron chi connectivity index (χ4n) is 3.64. The van der Waals surface area contributed by atoms with Gasteiger partial charge < -0.3 is 33.9 Å². The fourth-order valence-corrected chi connectivity index (χ4v) is 3.64. The summed E-state index contributed by atoms with van der Waals surface area (Å²) in [6.45, 7) is 4.03. The molecule has 254 valence electrons. The normalized spacial score (nSPS) is 11.4. The molecule has 0 spiro atoms. The third-order valence-electron chi connectivity index (χ3n) is 6.45. The predicted molar refractivity (Wildman–Crippen MR) is 181 cm³/mol. The SMILES string of the molecule is CC(C)C(N=Nc1cc[n+](C)cc1)=NN=c1ccn(C)cc1.Cn1ccc(=NN=C(N=Nc2cc[n+](C)cc2)c2ccccc2)cc1.[Cl-].[Cl-]. The van der Waals surface area contributed by atoms with Crippen LogP contribution in [0.2, 0.25) is 0 Å². The number of hydrogen-bond donors (Lipinski definition) is 0. The molecule has 0 atom stereocenters. The van der Waals surface area contributed by atoms with Crippen LogP contribution in [0.15, 0.2) is 169 Å². The number of hydrogen-bond acceptors (Lipinski definition) is 6. The summed E-state index contributed by atoms with van der Waals surface area (Å²) >= 11 is 0. The highest BCUT2D eigenvalue weighted by atomic mass is 35.5. The Morgan fingerprint density at radius 2 is 1.00 bits per heavy atom. The molecule has 1 aromatic carbocycles. The molecule has 0 fully saturated rings. The number of pyridine rings is 4. The number of nitrogens with zero attached hydrogens (tertiary/aromatic N) is 12. The number of aromatic nitrogens is 4. The van der Waals surface area contributed by atoms with Crippen LogP contribution < -0.4 is 44.7 Å². The van der Waals surface area contributed by atoms with E-state index in [1.807, 2.05) is 189 Å². The molecule has 0 amide bonds. The average Bonchev–Trinajstić information content (AvgIpc) is 3.08. The summed E-state index contributed by atoms with van der Waals surface area (Å²) in [7, 11) is 7.83. The summed E-state index contributed by atoms with van der Waals surface area (Å²) in [5.74, 6) is 1.20. The molecule has 0 saturated heterocycles. The Morgan fingerprint density at radius 1 is 0.571 bits per heavy atom. The van der Waals surface area contributed by atoms with Crippen molar-refractivity contribution in [2.45, 2.75) is 13.8 Å². The number of amidine groups is 2. The first kappa shape index (κ1) is 39.7. The third kappa shape index (κ3) is 14.1. The largest absolute Gasteiger partial charge is 1.00 e. The zero-order valence-electron chi connectivity index (χ0n) is 28.3. The van der Waals surface area contributed by atoms with Crippen LogP contribution in [-0.2, 0) is 28.2 Å². The van der Waals surface area contributed by atoms with Gasteiger partial charge in [0.2, 0.25) is 5.84 Å². The van der Waals surface area contributed by atoms with Crippen molar-refractivity contribution in [1.29, 1.82) is 0 Å². The topological polar surface area (TPSA) is 116 Å². The summed E-state index contributed by atoms with van der Waals surface area (Å²) in [6, 6.07) is 24.8. The zero-order chi connectivity index (χ0) is 33.4. The van der Waals surface area contributed by atoms with Gasteiger partial charge in [0.1, 0.15) is 14.1 Å². The van der Waals surface area contributed by atoms with E-state index in [1.54, 1.807) is 0 Å². The van der Waals surface area contributed by atoms with Gasteiger partial charge in [0.05, 0.1) is 22.1 Å². The van der Waals surface area contributed by atoms with Gasteiger partial charge in [0.15, 0.2) is 30.6 Å². The summed E-state index contributed by atoms with van der Waals surface area (Å²) in [4.78, 5) is 0. The quantitative estimate of drug-likeness (QED) is 0.0742. The van der Waals surface area contributed by atoms with Gasteiger partial charge in [-0.3, -0.25) is 0 Å². The minimum absolute atomic E-state index is 0. The van der Waals surface area contributed by atoms with Crippen molar-refractivity contribution < 1.29 is 33.9 Å². The van der Waals surface area contributed by atoms with Crippen LogP contribution in [0.3, 0.4) is 0 Å². The molecule has 0 unspecified atom stereocenters. The van der Waals surface area contributed by atoms with Gasteiger partial charge in [-0.15, -0.1) is 40.9 Å². The Balaban J connectivity index is 0.000000329. The Hall–Kier alpha value is -5.46. The number of rotatable bonds is 6. The third-order valence-corrected chi connectivity index (χ3v) is 6.45. The smallest absolute Gasteiger partial charge is 0.203 e. The van der Waals surface area contributed by atoms with Crippen molar-refractivity contribution in [3.05, 3.63) is 145 Å². The lowest BCUT2D eigenvalue weighted by Crippen LogP contribution is -3.00. The van der Waals surface area contributed by atoms with E-state index in [2.05, 4.69) is 40.9 Å². The summed E-state index contributed by atoms with van der Waals surface area (Å²) in [5.41, 5.74) is 2.41. The van der Waals surface area contributed by atoms with Crippen LogP contribution in [0.1, 0.15) is 19.4 Å². The molecule has 0 aliphatic rings. The maximum Gasteiger partial charge on any atom is 0.203 e. The lowest BCUT2D eigenvalue weighted by Gasteiger charge is -2.00. The highest BCUT2D eigenvalue weighted by molar-refractivity contribution is 5.99. The number of halogens is 2. The molecule has 0 N–H and O–H groups in total. The lowest BCUT2D eigenvalue weighted by molar-refractivity contribution is -0.671. The number of azo groups is 2. The van der Waals surface area contributed by atoms with Crippen molar-refractivity contribution in [3.63, 3.8) is 0 Å². The Labute approximate surface area is 298 Å². The van der Waals surface area contributed by atoms with Crippen LogP contribution in [0.5, 0.6) is 0 Å². The average molecular weight is 700 g/mol. The van der Waals surface area contributed by atoms with E-state index in [1.165, 1.54) is 0 Å². The van der Waals surface area contributed by atoms with Gasteiger partial charge in [0.25, 0.3) is 0 Å². The van der Waals surface area contributed by atoms with Crippen molar-refractivity contribution >= 4 is 23.0 Å². The van der Waals surface area contributed by atoms with Crippen LogP contribution in [0.4, 0.5) is 11.4 Å². The van der Waals surface area contributed by atoms with Crippen LogP contribution in [0.25, 0.3) is 0 Å². The Morgan fingerprint density at radius 3 is 1.45 bits per heavy atom. The van der Waals surface area contributed by atoms with Gasteiger partial charge in [-0.05, 0) is 24.3 Å². The van der Waals surface area contributed by atoms with Crippen molar-refractivity contribution in [2.24, 2.45) is 75.0 Å². The molecule has 5 rings (SSSR count). The highest BCUT2D eigenvalue weighted by Gasteiger charge is 2.05. The van der Waals surface area contributed by atoms with Crippen LogP contribution in [0, 0.1) is 5.92 Å². The molecule has 0 bridgehead atoms. The zero-order valence-corrected chi connectivity index (χ0v) is 29.8. The molecule has 5 aromatic rings. The highest BCUT2D eigenvalue weighted by Crippen LogP contribution is 2.12. The minimum atomic E-state index is 0. The maximum absolute atomic E-state index is 4.29. The molecule has 4 heterocycles. The van der Waals surface area contributed by atoms with Crippen molar-refractivity contribution in [1.82, 2.24) is 9.13 Å². The molecule has 0 aliphatic carbocycles. The molecular formula is C35H40Cl2N12. The molecular weight excluding hydrogens is 659 g/mol. The second-order valence-corrected chi connectivity index (χ2v) is 10.9. The molecule has 4 aromatic heterocycles. The predicted octanol–water partition coefficient (Wildman–Crippen LogP) is -0.592. The molecule has 14 heteroatoms. The standard InChI is InChI=1S/C19H19N6.C16H21N6.2ClH/c1-24-12-8-17(9-13-24)20-22-19(16-6-4-3-5-7-16)23-21-18-10-14-25(2)15-11-18;1-13(2)16(19-17-14-5-9-21(3)10-6-14)20-18-15-7-11-22(4)12-8-15;;/h3-15H,1-2H3;5-13H,1-4H3;2*1H/q2*+1;;/p-2. The van der Waals surface area contributed by atoms with Gasteiger partial charge in [0, 0.05) is 74.6 Å². The number of benzene rings is 1. The van der Waals surface area contributed by atoms with Crippen molar-refractivity contribution in [2.75, 3.05) is 0 Å². The van der Waals surface area contributed by atoms with Crippen LogP contribution in [-0.4, -0.2) is 20.8 Å². The lowest BCUT2D eigenvalue weighted by atomic mass is 10.2. The first-order valence-corrected chi connectivity index (χ1v) is 15.0. The van der Waals surface area contributed by atoms with E-state index < -0.39 is 0 Å². The minimum Gasteiger partial charge on any atom is -1.00 e. The van der Waals surface area contributed by atoms with Crippen molar-refractivity contribution in [3.8, 4) is 0 Å². The second-order valence-electron chi connectivity index (χ2n) is 10.9. The molecule has 0 aliphatic heterocycles. The van der Waals surface area contributed by atoms with E-state index in [0.29, 0.717) is 11.7 Å². The fraction of sp³-hybridized carbons (Fsp3) is 0.200.